The Morgan fingerprint density at radius 3 is 2.58 bits per heavy atom. The molecule has 1 nitrogen and oxygen atoms in total. The van der Waals surface area contributed by atoms with Crippen molar-refractivity contribution in [1.29, 1.82) is 0 Å². The Balaban J connectivity index is 2.81. The first-order valence-electron chi connectivity index (χ1n) is 4.79. The highest BCUT2D eigenvalue weighted by atomic mass is 79.9. The number of rotatable bonds is 8. The Kier molecular flexibility index (Phi) is 11.3. The molecule has 0 aromatic carbocycles. The maximum atomic E-state index is 3.43. The minimum Gasteiger partial charge on any atom is -0.313 e. The van der Waals surface area contributed by atoms with Gasteiger partial charge in [0.15, 0.2) is 0 Å². The molecule has 0 aromatic rings. The van der Waals surface area contributed by atoms with Crippen molar-refractivity contribution in [2.45, 2.75) is 32.6 Å². The molecular formula is C10H20BrN. The maximum Gasteiger partial charge on any atom is 0.0134 e. The van der Waals surface area contributed by atoms with E-state index in [2.05, 4.69) is 40.3 Å². The third-order valence-corrected chi connectivity index (χ3v) is 2.30. The Labute approximate surface area is 84.8 Å². The van der Waals surface area contributed by atoms with Crippen molar-refractivity contribution in [2.24, 2.45) is 0 Å². The second-order valence-corrected chi connectivity index (χ2v) is 3.67. The smallest absolute Gasteiger partial charge is 0.0134 e. The van der Waals surface area contributed by atoms with Crippen molar-refractivity contribution < 1.29 is 0 Å². The zero-order chi connectivity index (χ0) is 9.07. The van der Waals surface area contributed by atoms with Crippen molar-refractivity contribution in [3.05, 3.63) is 12.2 Å². The second kappa shape index (κ2) is 11.2. The molecule has 0 radical (unpaired) electrons. The number of hydrogen-bond acceptors (Lipinski definition) is 1. The average molecular weight is 234 g/mol. The third kappa shape index (κ3) is 10.2. The summed E-state index contributed by atoms with van der Waals surface area (Å²) in [6.45, 7) is 4.24. The number of allylic oxidation sites excluding steroid dienone is 1. The zero-order valence-electron chi connectivity index (χ0n) is 7.98. The molecule has 0 bridgehead atoms. The molecule has 0 rings (SSSR count). The summed E-state index contributed by atoms with van der Waals surface area (Å²) in [5.74, 6) is 0. The molecule has 0 fully saturated rings. The molecule has 0 atom stereocenters. The first-order valence-corrected chi connectivity index (χ1v) is 5.91. The van der Waals surface area contributed by atoms with Gasteiger partial charge in [0.05, 0.1) is 0 Å². The standard InChI is InChI=1S/C10H20BrN/c1-2-3-9-12-10-7-5-4-6-8-11/h2-3,12H,4-10H2,1H3/b3-2+. The zero-order valence-corrected chi connectivity index (χ0v) is 9.57. The molecule has 0 aliphatic heterocycles. The summed E-state index contributed by atoms with van der Waals surface area (Å²) in [7, 11) is 0. The Morgan fingerprint density at radius 1 is 1.17 bits per heavy atom. The molecule has 2 heteroatoms. The number of nitrogens with one attached hydrogen (secondary N) is 1. The molecule has 0 saturated heterocycles. The lowest BCUT2D eigenvalue weighted by Crippen LogP contribution is -2.14. The fraction of sp³-hybridized carbons (Fsp3) is 0.800. The van der Waals surface area contributed by atoms with Crippen LogP contribution in [0.1, 0.15) is 32.6 Å². The predicted molar refractivity (Wildman–Crippen MR) is 59.9 cm³/mol. The summed E-state index contributed by atoms with van der Waals surface area (Å²) in [5, 5.41) is 4.52. The molecule has 1 N–H and O–H groups in total. The van der Waals surface area contributed by atoms with Gasteiger partial charge in [0, 0.05) is 11.9 Å². The number of halogens is 1. The maximum absolute atomic E-state index is 3.43. The lowest BCUT2D eigenvalue weighted by molar-refractivity contribution is 0.623. The van der Waals surface area contributed by atoms with Crippen LogP contribution in [-0.2, 0) is 0 Å². The van der Waals surface area contributed by atoms with E-state index in [0.717, 1.165) is 18.4 Å². The molecule has 0 amide bonds. The van der Waals surface area contributed by atoms with Crippen LogP contribution in [0.4, 0.5) is 0 Å². The van der Waals surface area contributed by atoms with Crippen molar-refractivity contribution in [3.8, 4) is 0 Å². The van der Waals surface area contributed by atoms with Crippen molar-refractivity contribution in [1.82, 2.24) is 5.32 Å². The summed E-state index contributed by atoms with van der Waals surface area (Å²) in [6, 6.07) is 0. The van der Waals surface area contributed by atoms with Crippen LogP contribution in [0.25, 0.3) is 0 Å². The van der Waals surface area contributed by atoms with Crippen molar-refractivity contribution >= 4 is 15.9 Å². The molecule has 0 aliphatic rings. The summed E-state index contributed by atoms with van der Waals surface area (Å²) in [4.78, 5) is 0. The Bertz CT molecular complexity index is 102. The third-order valence-electron chi connectivity index (χ3n) is 1.74. The molecule has 0 saturated carbocycles. The highest BCUT2D eigenvalue weighted by molar-refractivity contribution is 9.09. The van der Waals surface area contributed by atoms with E-state index < -0.39 is 0 Å². The Hall–Kier alpha value is 0.180. The summed E-state index contributed by atoms with van der Waals surface area (Å²) >= 11 is 3.43. The summed E-state index contributed by atoms with van der Waals surface area (Å²) in [6.07, 6.45) is 9.57. The summed E-state index contributed by atoms with van der Waals surface area (Å²) < 4.78 is 0. The normalized spacial score (nSPS) is 11.2. The van der Waals surface area contributed by atoms with E-state index in [4.69, 9.17) is 0 Å². The fourth-order valence-electron chi connectivity index (χ4n) is 1.00. The molecule has 0 aromatic heterocycles. The molecule has 0 aliphatic carbocycles. The van der Waals surface area contributed by atoms with Gasteiger partial charge in [0.2, 0.25) is 0 Å². The van der Waals surface area contributed by atoms with E-state index in [1.807, 2.05) is 0 Å². The minimum absolute atomic E-state index is 1.02. The van der Waals surface area contributed by atoms with E-state index in [1.54, 1.807) is 0 Å². The van der Waals surface area contributed by atoms with Crippen LogP contribution in [0.5, 0.6) is 0 Å². The lowest BCUT2D eigenvalue weighted by Gasteiger charge is -2.00. The van der Waals surface area contributed by atoms with Gasteiger partial charge in [-0.15, -0.1) is 0 Å². The van der Waals surface area contributed by atoms with Crippen LogP contribution in [0.2, 0.25) is 0 Å². The van der Waals surface area contributed by atoms with Gasteiger partial charge in [-0.3, -0.25) is 0 Å². The second-order valence-electron chi connectivity index (χ2n) is 2.88. The minimum atomic E-state index is 1.02. The van der Waals surface area contributed by atoms with Crippen LogP contribution in [0, 0.1) is 0 Å². The highest BCUT2D eigenvalue weighted by Crippen LogP contribution is 2.00. The van der Waals surface area contributed by atoms with Crippen molar-refractivity contribution in [2.75, 3.05) is 18.4 Å². The van der Waals surface area contributed by atoms with E-state index in [9.17, 15) is 0 Å². The number of hydrogen-bond donors (Lipinski definition) is 1. The lowest BCUT2D eigenvalue weighted by atomic mass is 10.2. The molecule has 72 valence electrons. The largest absolute Gasteiger partial charge is 0.313 e. The average Bonchev–Trinajstić information content (AvgIpc) is 2.10. The topological polar surface area (TPSA) is 12.0 Å². The molecule has 12 heavy (non-hydrogen) atoms. The summed E-state index contributed by atoms with van der Waals surface area (Å²) in [5.41, 5.74) is 0. The predicted octanol–water partition coefficient (Wildman–Crippen LogP) is 3.11. The number of alkyl halides is 1. The van der Waals surface area contributed by atoms with Gasteiger partial charge in [-0.1, -0.05) is 40.9 Å². The van der Waals surface area contributed by atoms with Gasteiger partial charge in [-0.2, -0.15) is 0 Å². The quantitative estimate of drug-likeness (QED) is 0.386. The molecule has 0 heterocycles. The SMILES string of the molecule is C/C=C/CNCCCCCCBr. The molecule has 0 unspecified atom stereocenters. The monoisotopic (exact) mass is 233 g/mol. The first-order chi connectivity index (χ1) is 5.91. The number of unbranched alkanes of at least 4 members (excludes halogenated alkanes) is 3. The van der Waals surface area contributed by atoms with Gasteiger partial charge in [-0.05, 0) is 26.3 Å². The van der Waals surface area contributed by atoms with Crippen LogP contribution >= 0.6 is 15.9 Å². The highest BCUT2D eigenvalue weighted by Gasteiger charge is 1.87. The Morgan fingerprint density at radius 2 is 1.92 bits per heavy atom. The molecular weight excluding hydrogens is 214 g/mol. The molecule has 0 spiro atoms. The van der Waals surface area contributed by atoms with E-state index in [1.165, 1.54) is 25.7 Å². The van der Waals surface area contributed by atoms with E-state index >= 15 is 0 Å². The first kappa shape index (κ1) is 12.2. The van der Waals surface area contributed by atoms with Gasteiger partial charge in [0.25, 0.3) is 0 Å². The van der Waals surface area contributed by atoms with Gasteiger partial charge < -0.3 is 5.32 Å². The fourth-order valence-corrected chi connectivity index (χ4v) is 1.40. The van der Waals surface area contributed by atoms with Gasteiger partial charge >= 0.3 is 0 Å². The van der Waals surface area contributed by atoms with Crippen LogP contribution in [0.3, 0.4) is 0 Å². The van der Waals surface area contributed by atoms with Crippen LogP contribution in [0.15, 0.2) is 12.2 Å². The van der Waals surface area contributed by atoms with Gasteiger partial charge in [0.1, 0.15) is 0 Å². The van der Waals surface area contributed by atoms with Crippen LogP contribution in [-0.4, -0.2) is 18.4 Å². The van der Waals surface area contributed by atoms with Crippen molar-refractivity contribution in [3.63, 3.8) is 0 Å². The van der Waals surface area contributed by atoms with Crippen LogP contribution < -0.4 is 5.32 Å². The van der Waals surface area contributed by atoms with E-state index in [0.29, 0.717) is 0 Å². The van der Waals surface area contributed by atoms with E-state index in [-0.39, 0.29) is 0 Å². The van der Waals surface area contributed by atoms with Gasteiger partial charge in [-0.25, -0.2) is 0 Å².